The topological polar surface area (TPSA) is 49.6 Å². The molecule has 2 aliphatic heterocycles. The van der Waals surface area contributed by atoms with E-state index in [1.54, 1.807) is 6.20 Å². The Kier molecular flexibility index (Phi) is 4.35. The van der Waals surface area contributed by atoms with Crippen LogP contribution in [0.3, 0.4) is 0 Å². The molecule has 5 nitrogen and oxygen atoms in total. The maximum absolute atomic E-state index is 12.9. The number of aromatic nitrogens is 2. The molecular weight excluding hydrogens is 374 g/mol. The monoisotopic (exact) mass is 396 g/mol. The number of benzene rings is 1. The van der Waals surface area contributed by atoms with Crippen LogP contribution in [0.25, 0.3) is 5.65 Å². The summed E-state index contributed by atoms with van der Waals surface area (Å²) in [6.07, 6.45) is 3.08. The van der Waals surface area contributed by atoms with Crippen LogP contribution < -0.4 is 5.32 Å². The van der Waals surface area contributed by atoms with E-state index in [2.05, 4.69) is 34.6 Å². The average molecular weight is 396 g/mol. The Hall–Kier alpha value is -2.80. The molecule has 1 fully saturated rings. The number of imidazole rings is 1. The maximum Gasteiger partial charge on any atom is 0.274 e. The van der Waals surface area contributed by atoms with Crippen molar-refractivity contribution in [2.75, 3.05) is 13.1 Å². The summed E-state index contributed by atoms with van der Waals surface area (Å²) in [6, 6.07) is 11.4. The number of fused-ring (bicyclic) bond motifs is 2. The van der Waals surface area contributed by atoms with Crippen LogP contribution in [0.2, 0.25) is 0 Å². The number of hydrogen-bond donors (Lipinski definition) is 1. The molecule has 1 spiro atoms. The largest absolute Gasteiger partial charge is 0.337 e. The number of hydrogen-bond acceptors (Lipinski definition) is 3. The molecule has 0 atom stereocenters. The van der Waals surface area contributed by atoms with E-state index in [1.165, 1.54) is 33.9 Å². The number of piperidine rings is 1. The van der Waals surface area contributed by atoms with Crippen LogP contribution in [0, 0.1) is 0 Å². The fourth-order valence-electron chi connectivity index (χ4n) is 4.51. The molecule has 3 aromatic rings. The van der Waals surface area contributed by atoms with Crippen LogP contribution >= 0.6 is 0 Å². The standard InChI is InChI=1S/C22H22F2N4O/c23-20(24)17-5-6-19-26-18(14-28(19)13-17)21(29)27-9-7-22(8-10-27)11-15-3-1-2-4-16(15)12-25-22/h1-6,13-14,20,25H,7-12H2. The van der Waals surface area contributed by atoms with Gasteiger partial charge in [0.1, 0.15) is 11.3 Å². The highest BCUT2D eigenvalue weighted by Crippen LogP contribution is 2.32. The fourth-order valence-corrected chi connectivity index (χ4v) is 4.51. The van der Waals surface area contributed by atoms with Crippen LogP contribution in [-0.4, -0.2) is 38.8 Å². The third kappa shape index (κ3) is 3.29. The highest BCUT2D eigenvalue weighted by Gasteiger charge is 2.38. The van der Waals surface area contributed by atoms with E-state index in [-0.39, 0.29) is 17.0 Å². The van der Waals surface area contributed by atoms with Crippen molar-refractivity contribution in [2.45, 2.75) is 37.8 Å². The Morgan fingerprint density at radius 2 is 1.83 bits per heavy atom. The second-order valence-corrected chi connectivity index (χ2v) is 8.03. The van der Waals surface area contributed by atoms with Crippen molar-refractivity contribution >= 4 is 11.6 Å². The van der Waals surface area contributed by atoms with E-state index in [1.807, 2.05) is 4.90 Å². The van der Waals surface area contributed by atoms with E-state index in [0.29, 0.717) is 24.4 Å². The van der Waals surface area contributed by atoms with Gasteiger partial charge in [0.15, 0.2) is 0 Å². The van der Waals surface area contributed by atoms with Crippen molar-refractivity contribution in [1.29, 1.82) is 0 Å². The summed E-state index contributed by atoms with van der Waals surface area (Å²) < 4.78 is 27.3. The molecule has 0 unspecified atom stereocenters. The van der Waals surface area contributed by atoms with Gasteiger partial charge in [-0.25, -0.2) is 13.8 Å². The first-order chi connectivity index (χ1) is 14.0. The SMILES string of the molecule is O=C(c1cn2cc(C(F)F)ccc2n1)N1CCC2(CC1)Cc1ccccc1CN2. The molecule has 2 aromatic heterocycles. The first-order valence-corrected chi connectivity index (χ1v) is 9.91. The maximum atomic E-state index is 12.9. The molecule has 0 bridgehead atoms. The van der Waals surface area contributed by atoms with Crippen molar-refractivity contribution in [1.82, 2.24) is 19.6 Å². The zero-order valence-electron chi connectivity index (χ0n) is 15.9. The number of nitrogens with one attached hydrogen (secondary N) is 1. The van der Waals surface area contributed by atoms with Crippen LogP contribution in [0.4, 0.5) is 8.78 Å². The molecule has 0 aliphatic carbocycles. The van der Waals surface area contributed by atoms with Crippen molar-refractivity contribution < 1.29 is 13.6 Å². The normalized spacial score (nSPS) is 18.4. The van der Waals surface area contributed by atoms with Gasteiger partial charge in [0, 0.05) is 43.1 Å². The molecule has 4 heterocycles. The summed E-state index contributed by atoms with van der Waals surface area (Å²) in [5.41, 5.74) is 3.49. The van der Waals surface area contributed by atoms with Gasteiger partial charge in [-0.2, -0.15) is 0 Å². The second-order valence-electron chi connectivity index (χ2n) is 8.03. The van der Waals surface area contributed by atoms with Crippen LogP contribution in [0.5, 0.6) is 0 Å². The third-order valence-electron chi connectivity index (χ3n) is 6.25. The first-order valence-electron chi connectivity index (χ1n) is 9.91. The van der Waals surface area contributed by atoms with Crippen molar-refractivity contribution in [3.63, 3.8) is 0 Å². The Morgan fingerprint density at radius 3 is 2.59 bits per heavy atom. The third-order valence-corrected chi connectivity index (χ3v) is 6.25. The van der Waals surface area contributed by atoms with Gasteiger partial charge in [-0.3, -0.25) is 4.79 Å². The van der Waals surface area contributed by atoms with Crippen LogP contribution in [0.15, 0.2) is 48.8 Å². The molecule has 0 saturated carbocycles. The Labute approximate surface area is 167 Å². The highest BCUT2D eigenvalue weighted by atomic mass is 19.3. The number of carbonyl (C=O) groups is 1. The van der Waals surface area contributed by atoms with Gasteiger partial charge in [-0.1, -0.05) is 24.3 Å². The van der Waals surface area contributed by atoms with Gasteiger partial charge >= 0.3 is 0 Å². The Balaban J connectivity index is 1.30. The van der Waals surface area contributed by atoms with Crippen molar-refractivity contribution in [3.05, 3.63) is 71.2 Å². The van der Waals surface area contributed by atoms with Gasteiger partial charge < -0.3 is 14.6 Å². The molecular formula is C22H22F2N4O. The smallest absolute Gasteiger partial charge is 0.274 e. The first kappa shape index (κ1) is 18.2. The van der Waals surface area contributed by atoms with Crippen LogP contribution in [-0.2, 0) is 13.0 Å². The van der Waals surface area contributed by atoms with E-state index in [0.717, 1.165) is 25.8 Å². The number of pyridine rings is 1. The van der Waals surface area contributed by atoms with E-state index in [4.69, 9.17) is 0 Å². The Morgan fingerprint density at radius 1 is 1.07 bits per heavy atom. The zero-order valence-corrected chi connectivity index (χ0v) is 15.9. The van der Waals surface area contributed by atoms with Gasteiger partial charge in [-0.15, -0.1) is 0 Å². The summed E-state index contributed by atoms with van der Waals surface area (Å²) in [4.78, 5) is 19.1. The lowest BCUT2D eigenvalue weighted by molar-refractivity contribution is 0.0626. The summed E-state index contributed by atoms with van der Waals surface area (Å²) in [5, 5.41) is 3.70. The molecule has 1 amide bonds. The van der Waals surface area contributed by atoms with Crippen molar-refractivity contribution in [2.24, 2.45) is 0 Å². The molecule has 1 N–H and O–H groups in total. The quantitative estimate of drug-likeness (QED) is 0.720. The van der Waals surface area contributed by atoms with Gasteiger partial charge in [0.05, 0.1) is 0 Å². The van der Waals surface area contributed by atoms with E-state index < -0.39 is 6.43 Å². The fraction of sp³-hybridized carbons (Fsp3) is 0.364. The summed E-state index contributed by atoms with van der Waals surface area (Å²) in [6.45, 7) is 2.18. The van der Waals surface area contributed by atoms with Crippen molar-refractivity contribution in [3.8, 4) is 0 Å². The summed E-state index contributed by atoms with van der Waals surface area (Å²) >= 11 is 0. The lowest BCUT2D eigenvalue weighted by Crippen LogP contribution is -2.57. The molecule has 2 aliphatic rings. The summed E-state index contributed by atoms with van der Waals surface area (Å²) in [5.74, 6) is -0.140. The average Bonchev–Trinajstić information content (AvgIpc) is 3.17. The molecule has 5 rings (SSSR count). The number of carbonyl (C=O) groups excluding carboxylic acids is 1. The number of halogens is 2. The number of alkyl halides is 2. The highest BCUT2D eigenvalue weighted by molar-refractivity contribution is 5.93. The predicted molar refractivity (Wildman–Crippen MR) is 105 cm³/mol. The van der Waals surface area contributed by atoms with E-state index >= 15 is 0 Å². The lowest BCUT2D eigenvalue weighted by Gasteiger charge is -2.45. The van der Waals surface area contributed by atoms with E-state index in [9.17, 15) is 13.6 Å². The molecule has 0 radical (unpaired) electrons. The molecule has 29 heavy (non-hydrogen) atoms. The number of nitrogens with zero attached hydrogens (tertiary/aromatic N) is 3. The van der Waals surface area contributed by atoms with Gasteiger partial charge in [-0.05, 0) is 42.5 Å². The lowest BCUT2D eigenvalue weighted by atomic mass is 9.78. The second kappa shape index (κ2) is 6.91. The number of likely N-dealkylation sites (tertiary alicyclic amines) is 1. The minimum atomic E-state index is -2.55. The van der Waals surface area contributed by atoms with Gasteiger partial charge in [0.25, 0.3) is 12.3 Å². The molecule has 1 saturated heterocycles. The Bertz CT molecular complexity index is 1070. The number of amides is 1. The minimum Gasteiger partial charge on any atom is -0.337 e. The molecule has 7 heteroatoms. The summed E-state index contributed by atoms with van der Waals surface area (Å²) in [7, 11) is 0. The minimum absolute atomic E-state index is 0.0379. The zero-order chi connectivity index (χ0) is 20.0. The van der Waals surface area contributed by atoms with Gasteiger partial charge in [0.2, 0.25) is 0 Å². The predicted octanol–water partition coefficient (Wildman–Crippen LogP) is 3.59. The number of rotatable bonds is 2. The molecule has 150 valence electrons. The molecule has 1 aromatic carbocycles. The van der Waals surface area contributed by atoms with Crippen LogP contribution in [0.1, 0.15) is 46.4 Å².